The van der Waals surface area contributed by atoms with Crippen LogP contribution in [0.15, 0.2) is 36.4 Å². The fourth-order valence-corrected chi connectivity index (χ4v) is 1.92. The lowest BCUT2D eigenvalue weighted by Gasteiger charge is -2.10. The molecule has 84 valence electrons. The molecule has 0 fully saturated rings. The molecular formula is C13H16N2O. The molecule has 1 aliphatic rings. The Hall–Kier alpha value is -1.77. The summed E-state index contributed by atoms with van der Waals surface area (Å²) in [7, 11) is 0. The van der Waals surface area contributed by atoms with Crippen LogP contribution in [0.4, 0.5) is 11.4 Å². The first-order valence-electron chi connectivity index (χ1n) is 5.57. The monoisotopic (exact) mass is 216 g/mol. The van der Waals surface area contributed by atoms with Gasteiger partial charge in [0.1, 0.15) is 0 Å². The van der Waals surface area contributed by atoms with Gasteiger partial charge in [0.05, 0.1) is 11.4 Å². The standard InChI is InChI=1S/C13H16N2O/c14-11-7-3-4-8-12(11)15-13(16)9-10-5-1-2-6-10/h1,3-5,7-8,10H,2,6,9,14H2,(H,15,16). The maximum Gasteiger partial charge on any atom is 0.225 e. The fourth-order valence-electron chi connectivity index (χ4n) is 1.92. The van der Waals surface area contributed by atoms with Crippen molar-refractivity contribution in [2.24, 2.45) is 5.92 Å². The van der Waals surface area contributed by atoms with Crippen molar-refractivity contribution in [3.8, 4) is 0 Å². The molecule has 0 spiro atoms. The summed E-state index contributed by atoms with van der Waals surface area (Å²) in [6.45, 7) is 0. The van der Waals surface area contributed by atoms with Crippen LogP contribution in [0.2, 0.25) is 0 Å². The maximum atomic E-state index is 11.7. The molecule has 3 N–H and O–H groups in total. The van der Waals surface area contributed by atoms with E-state index in [1.54, 1.807) is 6.07 Å². The van der Waals surface area contributed by atoms with E-state index in [4.69, 9.17) is 5.73 Å². The van der Waals surface area contributed by atoms with Gasteiger partial charge in [-0.15, -0.1) is 0 Å². The molecule has 2 rings (SSSR count). The second-order valence-corrected chi connectivity index (χ2v) is 4.11. The minimum Gasteiger partial charge on any atom is -0.397 e. The van der Waals surface area contributed by atoms with Crippen molar-refractivity contribution >= 4 is 17.3 Å². The zero-order valence-corrected chi connectivity index (χ0v) is 9.15. The Bertz CT molecular complexity index is 412. The highest BCUT2D eigenvalue weighted by Gasteiger charge is 2.14. The minimum absolute atomic E-state index is 0.0365. The molecule has 1 unspecified atom stereocenters. The van der Waals surface area contributed by atoms with E-state index in [2.05, 4.69) is 17.5 Å². The van der Waals surface area contributed by atoms with Gasteiger partial charge < -0.3 is 11.1 Å². The molecule has 1 aromatic rings. The Kier molecular flexibility index (Phi) is 3.25. The molecule has 0 aromatic heterocycles. The first-order chi connectivity index (χ1) is 7.75. The lowest BCUT2D eigenvalue weighted by molar-refractivity contribution is -0.116. The third-order valence-electron chi connectivity index (χ3n) is 2.79. The zero-order valence-electron chi connectivity index (χ0n) is 9.15. The molecule has 0 saturated heterocycles. The number of nitrogens with one attached hydrogen (secondary N) is 1. The molecule has 0 radical (unpaired) electrons. The van der Waals surface area contributed by atoms with Gasteiger partial charge in [-0.05, 0) is 30.9 Å². The van der Waals surface area contributed by atoms with E-state index in [1.165, 1.54) is 0 Å². The largest absolute Gasteiger partial charge is 0.397 e. The Balaban J connectivity index is 1.92. The predicted octanol–water partition coefficient (Wildman–Crippen LogP) is 2.56. The number of anilines is 2. The molecule has 0 saturated carbocycles. The first-order valence-corrected chi connectivity index (χ1v) is 5.57. The normalized spacial score (nSPS) is 18.6. The highest BCUT2D eigenvalue weighted by atomic mass is 16.1. The van der Waals surface area contributed by atoms with E-state index in [1.807, 2.05) is 18.2 Å². The molecule has 1 aromatic carbocycles. The van der Waals surface area contributed by atoms with Crippen molar-refractivity contribution in [1.29, 1.82) is 0 Å². The number of rotatable bonds is 3. The van der Waals surface area contributed by atoms with Gasteiger partial charge in [0, 0.05) is 6.42 Å². The van der Waals surface area contributed by atoms with Gasteiger partial charge >= 0.3 is 0 Å². The summed E-state index contributed by atoms with van der Waals surface area (Å²) in [5, 5.41) is 2.84. The number of nitrogens with two attached hydrogens (primary N) is 1. The number of hydrogen-bond acceptors (Lipinski definition) is 2. The summed E-state index contributed by atoms with van der Waals surface area (Å²) >= 11 is 0. The van der Waals surface area contributed by atoms with E-state index >= 15 is 0 Å². The number of amides is 1. The second kappa shape index (κ2) is 4.84. The average molecular weight is 216 g/mol. The van der Waals surface area contributed by atoms with E-state index in [-0.39, 0.29) is 5.91 Å². The van der Waals surface area contributed by atoms with Crippen LogP contribution in [-0.2, 0) is 4.79 Å². The van der Waals surface area contributed by atoms with E-state index in [0.717, 1.165) is 12.8 Å². The quantitative estimate of drug-likeness (QED) is 0.602. The SMILES string of the molecule is Nc1ccccc1NC(=O)CC1C=CCC1. The lowest BCUT2D eigenvalue weighted by atomic mass is 10.1. The van der Waals surface area contributed by atoms with Crippen molar-refractivity contribution < 1.29 is 4.79 Å². The molecule has 3 nitrogen and oxygen atoms in total. The molecule has 1 aliphatic carbocycles. The first kappa shape index (κ1) is 10.7. The molecule has 1 atom stereocenters. The summed E-state index contributed by atoms with van der Waals surface area (Å²) < 4.78 is 0. The van der Waals surface area contributed by atoms with Gasteiger partial charge in [0.25, 0.3) is 0 Å². The summed E-state index contributed by atoms with van der Waals surface area (Å²) in [6, 6.07) is 7.31. The summed E-state index contributed by atoms with van der Waals surface area (Å²) in [5.41, 5.74) is 7.06. The number of para-hydroxylation sites is 2. The minimum atomic E-state index is 0.0365. The van der Waals surface area contributed by atoms with E-state index in [0.29, 0.717) is 23.7 Å². The Morgan fingerprint density at radius 1 is 1.44 bits per heavy atom. The van der Waals surface area contributed by atoms with Crippen LogP contribution in [0.5, 0.6) is 0 Å². The summed E-state index contributed by atoms with van der Waals surface area (Å²) in [5.74, 6) is 0.430. The van der Waals surface area contributed by atoms with Gasteiger partial charge in [-0.1, -0.05) is 24.3 Å². The molecule has 16 heavy (non-hydrogen) atoms. The predicted molar refractivity (Wildman–Crippen MR) is 66.0 cm³/mol. The van der Waals surface area contributed by atoms with E-state index in [9.17, 15) is 4.79 Å². The van der Waals surface area contributed by atoms with E-state index < -0.39 is 0 Å². The average Bonchev–Trinajstić information content (AvgIpc) is 2.74. The van der Waals surface area contributed by atoms with Gasteiger partial charge in [-0.25, -0.2) is 0 Å². The van der Waals surface area contributed by atoms with Gasteiger partial charge in [0.15, 0.2) is 0 Å². The maximum absolute atomic E-state index is 11.7. The molecular weight excluding hydrogens is 200 g/mol. The van der Waals surface area contributed by atoms with Crippen molar-refractivity contribution in [2.75, 3.05) is 11.1 Å². The van der Waals surface area contributed by atoms with Crippen molar-refractivity contribution in [3.05, 3.63) is 36.4 Å². The third kappa shape index (κ3) is 2.63. The topological polar surface area (TPSA) is 55.1 Å². The molecule has 0 heterocycles. The molecule has 0 bridgehead atoms. The van der Waals surface area contributed by atoms with Crippen molar-refractivity contribution in [3.63, 3.8) is 0 Å². The number of carbonyl (C=O) groups is 1. The molecule has 3 heteroatoms. The molecule has 1 amide bonds. The van der Waals surface area contributed by atoms with Crippen LogP contribution in [0, 0.1) is 5.92 Å². The van der Waals surface area contributed by atoms with Crippen LogP contribution < -0.4 is 11.1 Å². The Labute approximate surface area is 95.3 Å². The number of allylic oxidation sites excluding steroid dienone is 2. The van der Waals surface area contributed by atoms with Crippen molar-refractivity contribution in [2.45, 2.75) is 19.3 Å². The number of benzene rings is 1. The van der Waals surface area contributed by atoms with Crippen LogP contribution in [0.1, 0.15) is 19.3 Å². The van der Waals surface area contributed by atoms with Gasteiger partial charge in [-0.3, -0.25) is 4.79 Å². The zero-order chi connectivity index (χ0) is 11.4. The second-order valence-electron chi connectivity index (χ2n) is 4.11. The summed E-state index contributed by atoms with van der Waals surface area (Å²) in [6.07, 6.45) is 6.97. The highest BCUT2D eigenvalue weighted by Crippen LogP contribution is 2.22. The molecule has 0 aliphatic heterocycles. The smallest absolute Gasteiger partial charge is 0.225 e. The number of hydrogen-bond donors (Lipinski definition) is 2. The number of nitrogen functional groups attached to an aromatic ring is 1. The Morgan fingerprint density at radius 2 is 2.25 bits per heavy atom. The van der Waals surface area contributed by atoms with Gasteiger partial charge in [0.2, 0.25) is 5.91 Å². The number of carbonyl (C=O) groups excluding carboxylic acids is 1. The lowest BCUT2D eigenvalue weighted by Crippen LogP contribution is -2.15. The van der Waals surface area contributed by atoms with Crippen LogP contribution in [-0.4, -0.2) is 5.91 Å². The third-order valence-corrected chi connectivity index (χ3v) is 2.79. The van der Waals surface area contributed by atoms with Crippen LogP contribution in [0.3, 0.4) is 0 Å². The van der Waals surface area contributed by atoms with Crippen LogP contribution >= 0.6 is 0 Å². The van der Waals surface area contributed by atoms with Crippen molar-refractivity contribution in [1.82, 2.24) is 0 Å². The Morgan fingerprint density at radius 3 is 2.94 bits per heavy atom. The summed E-state index contributed by atoms with van der Waals surface area (Å²) in [4.78, 5) is 11.7. The fraction of sp³-hybridized carbons (Fsp3) is 0.308. The highest BCUT2D eigenvalue weighted by molar-refractivity contribution is 5.93. The van der Waals surface area contributed by atoms with Gasteiger partial charge in [-0.2, -0.15) is 0 Å². The van der Waals surface area contributed by atoms with Crippen LogP contribution in [0.25, 0.3) is 0 Å².